The molecule has 2 atom stereocenters. The van der Waals surface area contributed by atoms with Crippen molar-refractivity contribution in [1.82, 2.24) is 20.6 Å². The topological polar surface area (TPSA) is 76.1 Å². The summed E-state index contributed by atoms with van der Waals surface area (Å²) in [6.07, 6.45) is 5.04. The molecular weight excluding hydrogens is 328 g/mol. The molecule has 136 valence electrons. The van der Waals surface area contributed by atoms with Gasteiger partial charge in [0, 0.05) is 18.7 Å². The Bertz CT molecular complexity index is 800. The molecule has 1 spiro atoms. The van der Waals surface area contributed by atoms with Crippen molar-refractivity contribution in [3.8, 4) is 0 Å². The highest BCUT2D eigenvalue weighted by molar-refractivity contribution is 5.92. The number of piperidine rings is 1. The Morgan fingerprint density at radius 2 is 2.00 bits per heavy atom. The highest BCUT2D eigenvalue weighted by Crippen LogP contribution is 2.51. The molecule has 6 nitrogen and oxygen atoms in total. The average molecular weight is 352 g/mol. The molecule has 4 rings (SSSR count). The maximum Gasteiger partial charge on any atom is 0.272 e. The van der Waals surface area contributed by atoms with Crippen LogP contribution in [0.5, 0.6) is 0 Å². The van der Waals surface area contributed by atoms with Gasteiger partial charge >= 0.3 is 0 Å². The monoisotopic (exact) mass is 352 g/mol. The van der Waals surface area contributed by atoms with Gasteiger partial charge < -0.3 is 15.4 Å². The van der Waals surface area contributed by atoms with Crippen LogP contribution in [0.3, 0.4) is 0 Å². The quantitative estimate of drug-likeness (QED) is 0.882. The second-order valence-corrected chi connectivity index (χ2v) is 7.14. The van der Waals surface area contributed by atoms with Gasteiger partial charge in [-0.25, -0.2) is 4.98 Å². The molecule has 1 amide bonds. The number of hydrogen-bond donors (Lipinski definition) is 2. The third-order valence-electron chi connectivity index (χ3n) is 5.73. The zero-order chi connectivity index (χ0) is 18.1. The number of nitrogens with zero attached hydrogens (tertiary/aromatic N) is 2. The molecule has 0 radical (unpaired) electrons. The molecule has 1 aliphatic carbocycles. The van der Waals surface area contributed by atoms with Crippen LogP contribution in [0, 0.1) is 6.92 Å². The first kappa shape index (κ1) is 17.1. The summed E-state index contributed by atoms with van der Waals surface area (Å²) in [5, 5.41) is 6.59. The van der Waals surface area contributed by atoms with Crippen LogP contribution in [0.2, 0.25) is 0 Å². The Kier molecular flexibility index (Phi) is 4.46. The average Bonchev–Trinajstić information content (AvgIpc) is 2.92. The van der Waals surface area contributed by atoms with E-state index in [2.05, 4.69) is 38.8 Å². The maximum atomic E-state index is 12.8. The molecule has 2 heterocycles. The van der Waals surface area contributed by atoms with Crippen LogP contribution < -0.4 is 10.6 Å². The van der Waals surface area contributed by atoms with E-state index in [9.17, 15) is 4.79 Å². The second-order valence-electron chi connectivity index (χ2n) is 7.14. The van der Waals surface area contributed by atoms with Gasteiger partial charge in [0.25, 0.3) is 5.91 Å². The number of ether oxygens (including phenoxy) is 1. The standard InChI is InChI=1S/C20H24N4O2/c1-13-11-23-16(12-22-13)19(25)24-17-14-5-3-4-6-15(14)20(18(17)26-2)7-9-21-10-8-20/h3-6,11-12,17-18,21H,7-10H2,1-2H3,(H,24,25)/t17-,18+/m1/s1. The largest absolute Gasteiger partial charge is 0.378 e. The number of carbonyl (C=O) groups excluding carboxylic acids is 1. The molecule has 1 fully saturated rings. The minimum absolute atomic E-state index is 0.0620. The Morgan fingerprint density at radius 1 is 1.23 bits per heavy atom. The van der Waals surface area contributed by atoms with Gasteiger partial charge in [0.1, 0.15) is 5.69 Å². The van der Waals surface area contributed by atoms with E-state index in [0.29, 0.717) is 5.69 Å². The number of methoxy groups -OCH3 is 1. The summed E-state index contributed by atoms with van der Waals surface area (Å²) >= 11 is 0. The van der Waals surface area contributed by atoms with Crippen LogP contribution >= 0.6 is 0 Å². The fourth-order valence-corrected chi connectivity index (χ4v) is 4.52. The molecule has 0 bridgehead atoms. The van der Waals surface area contributed by atoms with Gasteiger partial charge in [0.05, 0.1) is 24.0 Å². The summed E-state index contributed by atoms with van der Waals surface area (Å²) in [4.78, 5) is 21.2. The number of hydrogen-bond acceptors (Lipinski definition) is 5. The van der Waals surface area contributed by atoms with Gasteiger partial charge in [-0.15, -0.1) is 0 Å². The van der Waals surface area contributed by atoms with E-state index in [-0.39, 0.29) is 23.5 Å². The van der Waals surface area contributed by atoms with Gasteiger partial charge in [-0.05, 0) is 44.0 Å². The van der Waals surface area contributed by atoms with Crippen LogP contribution in [0.4, 0.5) is 0 Å². The third-order valence-corrected chi connectivity index (χ3v) is 5.73. The van der Waals surface area contributed by atoms with Crippen LogP contribution in [0.25, 0.3) is 0 Å². The van der Waals surface area contributed by atoms with Crippen molar-refractivity contribution in [2.24, 2.45) is 0 Å². The first-order valence-electron chi connectivity index (χ1n) is 9.08. The van der Waals surface area contributed by atoms with Crippen LogP contribution in [0.15, 0.2) is 36.7 Å². The fourth-order valence-electron chi connectivity index (χ4n) is 4.52. The lowest BCUT2D eigenvalue weighted by atomic mass is 9.72. The van der Waals surface area contributed by atoms with Gasteiger partial charge in [-0.2, -0.15) is 0 Å². The number of rotatable bonds is 3. The van der Waals surface area contributed by atoms with Gasteiger partial charge in [0.2, 0.25) is 0 Å². The smallest absolute Gasteiger partial charge is 0.272 e. The molecular formula is C20H24N4O2. The minimum atomic E-state index is -0.217. The normalized spacial score (nSPS) is 23.6. The first-order chi connectivity index (χ1) is 12.7. The van der Waals surface area contributed by atoms with Gasteiger partial charge in [0.15, 0.2) is 0 Å². The van der Waals surface area contributed by atoms with Gasteiger partial charge in [-0.3, -0.25) is 9.78 Å². The van der Waals surface area contributed by atoms with Crippen LogP contribution in [0.1, 0.15) is 46.2 Å². The molecule has 6 heteroatoms. The lowest BCUT2D eigenvalue weighted by Gasteiger charge is -2.40. The summed E-state index contributed by atoms with van der Waals surface area (Å²) in [5.74, 6) is -0.217. The number of benzene rings is 1. The molecule has 1 aromatic carbocycles. The van der Waals surface area contributed by atoms with E-state index in [1.165, 1.54) is 11.8 Å². The summed E-state index contributed by atoms with van der Waals surface area (Å²) in [7, 11) is 1.74. The highest BCUT2D eigenvalue weighted by Gasteiger charge is 2.53. The molecule has 1 aliphatic heterocycles. The minimum Gasteiger partial charge on any atom is -0.378 e. The molecule has 1 saturated heterocycles. The number of amides is 1. The predicted molar refractivity (Wildman–Crippen MR) is 98.0 cm³/mol. The Hall–Kier alpha value is -2.31. The molecule has 0 saturated carbocycles. The number of nitrogens with one attached hydrogen (secondary N) is 2. The number of aromatic nitrogens is 2. The molecule has 0 unspecified atom stereocenters. The third kappa shape index (κ3) is 2.70. The van der Waals surface area contributed by atoms with E-state index >= 15 is 0 Å². The SMILES string of the molecule is CO[C@H]1[C@H](NC(=O)c2cnc(C)cn2)c2ccccc2C12CCNCC2. The van der Waals surface area contributed by atoms with Crippen molar-refractivity contribution in [3.05, 3.63) is 59.2 Å². The van der Waals surface area contributed by atoms with Crippen molar-refractivity contribution in [1.29, 1.82) is 0 Å². The maximum absolute atomic E-state index is 12.8. The highest BCUT2D eigenvalue weighted by atomic mass is 16.5. The molecule has 1 aromatic heterocycles. The van der Waals surface area contributed by atoms with Crippen molar-refractivity contribution >= 4 is 5.91 Å². The van der Waals surface area contributed by atoms with E-state index in [4.69, 9.17) is 4.74 Å². The fraction of sp³-hybridized carbons (Fsp3) is 0.450. The van der Waals surface area contributed by atoms with E-state index in [1.54, 1.807) is 13.3 Å². The predicted octanol–water partition coefficient (Wildman–Crippen LogP) is 1.91. The summed E-state index contributed by atoms with van der Waals surface area (Å²) < 4.78 is 5.98. The van der Waals surface area contributed by atoms with E-state index in [1.807, 2.05) is 13.0 Å². The summed E-state index contributed by atoms with van der Waals surface area (Å²) in [5.41, 5.74) is 3.50. The second kappa shape index (κ2) is 6.78. The lowest BCUT2D eigenvalue weighted by molar-refractivity contribution is 0.00391. The molecule has 2 N–H and O–H groups in total. The Morgan fingerprint density at radius 3 is 2.69 bits per heavy atom. The van der Waals surface area contributed by atoms with E-state index in [0.717, 1.165) is 37.2 Å². The summed E-state index contributed by atoms with van der Waals surface area (Å²) in [6, 6.07) is 8.19. The number of fused-ring (bicyclic) bond motifs is 2. The van der Waals surface area contributed by atoms with E-state index < -0.39 is 0 Å². The van der Waals surface area contributed by atoms with Crippen molar-refractivity contribution in [3.63, 3.8) is 0 Å². The number of aryl methyl sites for hydroxylation is 1. The van der Waals surface area contributed by atoms with Gasteiger partial charge in [-0.1, -0.05) is 24.3 Å². The lowest BCUT2D eigenvalue weighted by Crippen LogP contribution is -2.49. The summed E-state index contributed by atoms with van der Waals surface area (Å²) in [6.45, 7) is 3.76. The molecule has 2 aromatic rings. The zero-order valence-electron chi connectivity index (χ0n) is 15.2. The van der Waals surface area contributed by atoms with Crippen molar-refractivity contribution in [2.75, 3.05) is 20.2 Å². The van der Waals surface area contributed by atoms with Crippen LogP contribution in [-0.4, -0.2) is 42.2 Å². The van der Waals surface area contributed by atoms with Crippen LogP contribution in [-0.2, 0) is 10.2 Å². The first-order valence-corrected chi connectivity index (χ1v) is 9.08. The Balaban J connectivity index is 1.69. The Labute approximate surface area is 153 Å². The molecule has 26 heavy (non-hydrogen) atoms. The van der Waals surface area contributed by atoms with Crippen molar-refractivity contribution in [2.45, 2.75) is 37.3 Å². The van der Waals surface area contributed by atoms with Crippen molar-refractivity contribution < 1.29 is 9.53 Å². The zero-order valence-corrected chi connectivity index (χ0v) is 15.2. The molecule has 2 aliphatic rings. The number of carbonyl (C=O) groups is 1.